The van der Waals surface area contributed by atoms with E-state index in [9.17, 15) is 4.79 Å². The molecule has 1 unspecified atom stereocenters. The molecule has 1 aromatic carbocycles. The zero-order valence-corrected chi connectivity index (χ0v) is 9.46. The molecule has 2 nitrogen and oxygen atoms in total. The molecule has 2 rings (SSSR count). The van der Waals surface area contributed by atoms with Gasteiger partial charge in [-0.3, -0.25) is 4.79 Å². The van der Waals surface area contributed by atoms with Gasteiger partial charge < -0.3 is 4.74 Å². The Morgan fingerprint density at radius 2 is 1.80 bits per heavy atom. The minimum atomic E-state index is -0.0716. The van der Waals surface area contributed by atoms with Crippen LogP contribution in [0.3, 0.4) is 0 Å². The first kappa shape index (κ1) is 10.2. The molecule has 0 saturated carbocycles. The lowest BCUT2D eigenvalue weighted by atomic mass is 9.96. The van der Waals surface area contributed by atoms with Crippen LogP contribution in [0.5, 0.6) is 0 Å². The highest BCUT2D eigenvalue weighted by atomic mass is 16.5. The highest BCUT2D eigenvalue weighted by molar-refractivity contribution is 5.71. The second-order valence-electron chi connectivity index (χ2n) is 4.31. The Bertz CT molecular complexity index is 407. The minimum Gasteiger partial charge on any atom is -0.457 e. The van der Waals surface area contributed by atoms with Crippen LogP contribution in [-0.2, 0) is 9.53 Å². The van der Waals surface area contributed by atoms with Gasteiger partial charge in [-0.25, -0.2) is 0 Å². The number of aryl methyl sites for hydroxylation is 3. The van der Waals surface area contributed by atoms with Crippen LogP contribution in [0.15, 0.2) is 12.1 Å². The summed E-state index contributed by atoms with van der Waals surface area (Å²) < 4.78 is 5.28. The summed E-state index contributed by atoms with van der Waals surface area (Å²) in [6.07, 6.45) is 1.36. The van der Waals surface area contributed by atoms with Gasteiger partial charge in [0.2, 0.25) is 0 Å². The summed E-state index contributed by atoms with van der Waals surface area (Å²) in [5.74, 6) is -0.0716. The third-order valence-electron chi connectivity index (χ3n) is 3.11. The van der Waals surface area contributed by atoms with E-state index in [-0.39, 0.29) is 12.1 Å². The smallest absolute Gasteiger partial charge is 0.306 e. The highest BCUT2D eigenvalue weighted by Gasteiger charge is 2.26. The van der Waals surface area contributed by atoms with Crippen LogP contribution in [0.1, 0.15) is 41.2 Å². The number of rotatable bonds is 1. The van der Waals surface area contributed by atoms with Gasteiger partial charge >= 0.3 is 5.97 Å². The molecule has 1 heterocycles. The normalized spacial score (nSPS) is 20.5. The van der Waals surface area contributed by atoms with Crippen molar-refractivity contribution in [3.05, 3.63) is 34.4 Å². The molecule has 1 fully saturated rings. The molecule has 0 aliphatic carbocycles. The monoisotopic (exact) mass is 204 g/mol. The zero-order chi connectivity index (χ0) is 11.0. The fourth-order valence-electron chi connectivity index (χ4n) is 2.07. The van der Waals surface area contributed by atoms with Gasteiger partial charge in [0.25, 0.3) is 0 Å². The standard InChI is InChI=1S/C13H16O2/c1-8-6-10(3)11(7-9(8)2)12-4-5-13(14)15-12/h6-7,12H,4-5H2,1-3H3. The van der Waals surface area contributed by atoms with Crippen molar-refractivity contribution in [2.24, 2.45) is 0 Å². The van der Waals surface area contributed by atoms with Gasteiger partial charge in [-0.1, -0.05) is 12.1 Å². The number of carbonyl (C=O) groups excluding carboxylic acids is 1. The summed E-state index contributed by atoms with van der Waals surface area (Å²) in [5.41, 5.74) is 4.95. The molecule has 1 aromatic rings. The number of esters is 1. The van der Waals surface area contributed by atoms with Crippen molar-refractivity contribution < 1.29 is 9.53 Å². The quantitative estimate of drug-likeness (QED) is 0.657. The van der Waals surface area contributed by atoms with Crippen molar-refractivity contribution in [3.63, 3.8) is 0 Å². The fourth-order valence-corrected chi connectivity index (χ4v) is 2.07. The molecule has 2 heteroatoms. The number of benzene rings is 1. The number of cyclic esters (lactones) is 1. The largest absolute Gasteiger partial charge is 0.457 e. The van der Waals surface area contributed by atoms with Crippen molar-refractivity contribution in [2.75, 3.05) is 0 Å². The lowest BCUT2D eigenvalue weighted by Crippen LogP contribution is -2.02. The number of hydrogen-bond acceptors (Lipinski definition) is 2. The van der Waals surface area contributed by atoms with E-state index in [0.29, 0.717) is 6.42 Å². The predicted molar refractivity (Wildman–Crippen MR) is 58.7 cm³/mol. The maximum absolute atomic E-state index is 11.1. The Labute approximate surface area is 90.3 Å². The molecular formula is C13H16O2. The average molecular weight is 204 g/mol. The number of ether oxygens (including phenoxy) is 1. The minimum absolute atomic E-state index is 0.0169. The number of hydrogen-bond donors (Lipinski definition) is 0. The van der Waals surface area contributed by atoms with Crippen LogP contribution in [0.2, 0.25) is 0 Å². The Morgan fingerprint density at radius 3 is 2.40 bits per heavy atom. The summed E-state index contributed by atoms with van der Waals surface area (Å²) in [6.45, 7) is 6.27. The molecule has 80 valence electrons. The zero-order valence-electron chi connectivity index (χ0n) is 9.46. The Kier molecular flexibility index (Phi) is 2.51. The molecule has 1 saturated heterocycles. The Balaban J connectivity index is 2.36. The van der Waals surface area contributed by atoms with Gasteiger partial charge in [0.05, 0.1) is 0 Å². The second kappa shape index (κ2) is 3.69. The van der Waals surface area contributed by atoms with Gasteiger partial charge in [-0.05, 0) is 49.4 Å². The first-order valence-corrected chi connectivity index (χ1v) is 5.35. The molecule has 0 N–H and O–H groups in total. The molecule has 1 atom stereocenters. The van der Waals surface area contributed by atoms with E-state index in [1.54, 1.807) is 0 Å². The van der Waals surface area contributed by atoms with Crippen LogP contribution >= 0.6 is 0 Å². The van der Waals surface area contributed by atoms with Crippen molar-refractivity contribution in [1.29, 1.82) is 0 Å². The number of carbonyl (C=O) groups is 1. The maximum atomic E-state index is 11.1. The Hall–Kier alpha value is -1.31. The molecular weight excluding hydrogens is 188 g/mol. The van der Waals surface area contributed by atoms with Crippen molar-refractivity contribution >= 4 is 5.97 Å². The van der Waals surface area contributed by atoms with E-state index in [1.165, 1.54) is 22.3 Å². The summed E-state index contributed by atoms with van der Waals surface area (Å²) in [7, 11) is 0. The van der Waals surface area contributed by atoms with Crippen LogP contribution < -0.4 is 0 Å². The molecule has 1 aliphatic rings. The van der Waals surface area contributed by atoms with Crippen molar-refractivity contribution in [3.8, 4) is 0 Å². The van der Waals surface area contributed by atoms with Crippen molar-refractivity contribution in [2.45, 2.75) is 39.7 Å². The van der Waals surface area contributed by atoms with Crippen LogP contribution in [0.4, 0.5) is 0 Å². The van der Waals surface area contributed by atoms with Gasteiger partial charge in [0.1, 0.15) is 6.10 Å². The van der Waals surface area contributed by atoms with Gasteiger partial charge in [0.15, 0.2) is 0 Å². The van der Waals surface area contributed by atoms with Gasteiger partial charge in [-0.15, -0.1) is 0 Å². The highest BCUT2D eigenvalue weighted by Crippen LogP contribution is 2.32. The van der Waals surface area contributed by atoms with E-state index in [0.717, 1.165) is 6.42 Å². The van der Waals surface area contributed by atoms with E-state index in [2.05, 4.69) is 32.9 Å². The topological polar surface area (TPSA) is 26.3 Å². The van der Waals surface area contributed by atoms with E-state index >= 15 is 0 Å². The molecule has 15 heavy (non-hydrogen) atoms. The molecule has 0 radical (unpaired) electrons. The summed E-state index contributed by atoms with van der Waals surface area (Å²) in [6, 6.07) is 4.31. The van der Waals surface area contributed by atoms with Crippen LogP contribution in [0.25, 0.3) is 0 Å². The van der Waals surface area contributed by atoms with E-state index in [4.69, 9.17) is 4.74 Å². The molecule has 1 aliphatic heterocycles. The molecule has 0 amide bonds. The lowest BCUT2D eigenvalue weighted by Gasteiger charge is -2.14. The van der Waals surface area contributed by atoms with E-state index in [1.807, 2.05) is 0 Å². The fraction of sp³-hybridized carbons (Fsp3) is 0.462. The summed E-state index contributed by atoms with van der Waals surface area (Å²) in [5, 5.41) is 0. The Morgan fingerprint density at radius 1 is 1.13 bits per heavy atom. The first-order chi connectivity index (χ1) is 7.08. The van der Waals surface area contributed by atoms with Gasteiger partial charge in [-0.2, -0.15) is 0 Å². The second-order valence-corrected chi connectivity index (χ2v) is 4.31. The predicted octanol–water partition coefficient (Wildman–Crippen LogP) is 2.99. The van der Waals surface area contributed by atoms with Crippen LogP contribution in [0, 0.1) is 20.8 Å². The van der Waals surface area contributed by atoms with E-state index < -0.39 is 0 Å². The molecule has 0 aromatic heterocycles. The SMILES string of the molecule is Cc1cc(C)c(C2CCC(=O)O2)cc1C. The first-order valence-electron chi connectivity index (χ1n) is 5.35. The lowest BCUT2D eigenvalue weighted by molar-refractivity contribution is -0.141. The molecule has 0 spiro atoms. The molecule has 0 bridgehead atoms. The maximum Gasteiger partial charge on any atom is 0.306 e. The third kappa shape index (κ3) is 1.89. The third-order valence-corrected chi connectivity index (χ3v) is 3.11. The summed E-state index contributed by atoms with van der Waals surface area (Å²) >= 11 is 0. The van der Waals surface area contributed by atoms with Gasteiger partial charge in [0, 0.05) is 6.42 Å². The summed E-state index contributed by atoms with van der Waals surface area (Å²) in [4.78, 5) is 11.1. The van der Waals surface area contributed by atoms with Crippen molar-refractivity contribution in [1.82, 2.24) is 0 Å². The average Bonchev–Trinajstić information content (AvgIpc) is 2.58. The van der Waals surface area contributed by atoms with Crippen LogP contribution in [-0.4, -0.2) is 5.97 Å².